The Hall–Kier alpha value is -3.38. The van der Waals surface area contributed by atoms with E-state index in [1.54, 1.807) is 23.3 Å². The van der Waals surface area contributed by atoms with E-state index in [4.69, 9.17) is 9.84 Å². The number of nitrogens with zero attached hydrogens (tertiary/aromatic N) is 3. The third-order valence-corrected chi connectivity index (χ3v) is 6.08. The number of methoxy groups -OCH3 is 1. The molecule has 6 heteroatoms. The standard InChI is InChI=1S/C25H25N3O2S/c1-27(24(29)15-14-19-9-6-7-12-22(19)30-2)17-20-18-28(21-10-4-3-5-11-21)26-25(20)23-13-8-16-31-23/h3-13,16,18H,14-15,17H2,1-2H3. The van der Waals surface area contributed by atoms with Gasteiger partial charge >= 0.3 is 0 Å². The zero-order valence-electron chi connectivity index (χ0n) is 17.7. The molecule has 4 rings (SSSR count). The maximum atomic E-state index is 12.9. The smallest absolute Gasteiger partial charge is 0.222 e. The number of aromatic nitrogens is 2. The molecule has 0 saturated carbocycles. The lowest BCUT2D eigenvalue weighted by molar-refractivity contribution is -0.130. The summed E-state index contributed by atoms with van der Waals surface area (Å²) in [6.45, 7) is 0.505. The molecule has 0 bridgehead atoms. The van der Waals surface area contributed by atoms with Crippen molar-refractivity contribution in [3.05, 3.63) is 89.4 Å². The zero-order chi connectivity index (χ0) is 21.6. The summed E-state index contributed by atoms with van der Waals surface area (Å²) in [5.74, 6) is 0.914. The van der Waals surface area contributed by atoms with E-state index in [-0.39, 0.29) is 5.91 Å². The Morgan fingerprint density at radius 2 is 1.81 bits per heavy atom. The molecule has 0 fully saturated rings. The van der Waals surface area contributed by atoms with Crippen LogP contribution in [0.25, 0.3) is 16.3 Å². The van der Waals surface area contributed by atoms with E-state index in [1.165, 1.54) is 0 Å². The van der Waals surface area contributed by atoms with Crippen LogP contribution < -0.4 is 4.74 Å². The first kappa shape index (κ1) is 20.9. The Kier molecular flexibility index (Phi) is 6.48. The molecule has 0 aliphatic heterocycles. The van der Waals surface area contributed by atoms with Gasteiger partial charge in [0.05, 0.1) is 17.7 Å². The van der Waals surface area contributed by atoms with E-state index < -0.39 is 0 Å². The Labute approximate surface area is 186 Å². The molecule has 4 aromatic rings. The Morgan fingerprint density at radius 3 is 2.55 bits per heavy atom. The molecule has 2 aromatic carbocycles. The van der Waals surface area contributed by atoms with E-state index >= 15 is 0 Å². The van der Waals surface area contributed by atoms with Crippen LogP contribution in [0.15, 0.2) is 78.3 Å². The lowest BCUT2D eigenvalue weighted by atomic mass is 10.1. The summed E-state index contributed by atoms with van der Waals surface area (Å²) in [4.78, 5) is 15.7. The fourth-order valence-electron chi connectivity index (χ4n) is 3.54. The van der Waals surface area contributed by atoms with Crippen LogP contribution >= 0.6 is 11.3 Å². The van der Waals surface area contributed by atoms with Gasteiger partial charge in [-0.3, -0.25) is 4.79 Å². The normalized spacial score (nSPS) is 10.8. The van der Waals surface area contributed by atoms with Gasteiger partial charge in [0.25, 0.3) is 0 Å². The quantitative estimate of drug-likeness (QED) is 0.385. The number of thiophene rings is 1. The van der Waals surface area contributed by atoms with Crippen molar-refractivity contribution in [3.63, 3.8) is 0 Å². The first-order valence-corrected chi connectivity index (χ1v) is 11.1. The minimum absolute atomic E-state index is 0.0931. The zero-order valence-corrected chi connectivity index (χ0v) is 18.5. The SMILES string of the molecule is COc1ccccc1CCC(=O)N(C)Cc1cn(-c2ccccc2)nc1-c1cccs1. The van der Waals surface area contributed by atoms with Gasteiger partial charge < -0.3 is 9.64 Å². The van der Waals surface area contributed by atoms with Crippen LogP contribution in [-0.2, 0) is 17.8 Å². The van der Waals surface area contributed by atoms with Crippen LogP contribution in [0.1, 0.15) is 17.5 Å². The van der Waals surface area contributed by atoms with Crippen LogP contribution in [0.5, 0.6) is 5.75 Å². The van der Waals surface area contributed by atoms with Crippen molar-refractivity contribution in [2.45, 2.75) is 19.4 Å². The fraction of sp³-hybridized carbons (Fsp3) is 0.200. The molecule has 2 heterocycles. The minimum atomic E-state index is 0.0931. The highest BCUT2D eigenvalue weighted by Crippen LogP contribution is 2.29. The van der Waals surface area contributed by atoms with Crippen molar-refractivity contribution < 1.29 is 9.53 Å². The molecule has 0 spiro atoms. The van der Waals surface area contributed by atoms with Crippen LogP contribution in [-0.4, -0.2) is 34.7 Å². The van der Waals surface area contributed by atoms with Crippen molar-refractivity contribution in [2.24, 2.45) is 0 Å². The monoisotopic (exact) mass is 431 g/mol. The average Bonchev–Trinajstić information content (AvgIpc) is 3.48. The number of benzene rings is 2. The number of hydrogen-bond donors (Lipinski definition) is 0. The third kappa shape index (κ3) is 4.86. The van der Waals surface area contributed by atoms with E-state index in [0.29, 0.717) is 19.4 Å². The predicted molar refractivity (Wildman–Crippen MR) is 125 cm³/mol. The Balaban J connectivity index is 1.51. The van der Waals surface area contributed by atoms with E-state index in [0.717, 1.165) is 33.1 Å². The third-order valence-electron chi connectivity index (χ3n) is 5.20. The van der Waals surface area contributed by atoms with Crippen molar-refractivity contribution in [2.75, 3.05) is 14.2 Å². The molecule has 2 aromatic heterocycles. The van der Waals surface area contributed by atoms with Crippen LogP contribution in [0.4, 0.5) is 0 Å². The first-order chi connectivity index (χ1) is 15.2. The summed E-state index contributed by atoms with van der Waals surface area (Å²) in [5.41, 5.74) is 3.99. The summed E-state index contributed by atoms with van der Waals surface area (Å²) < 4.78 is 7.29. The molecule has 158 valence electrons. The van der Waals surface area contributed by atoms with Crippen molar-refractivity contribution in [1.29, 1.82) is 0 Å². The molecule has 0 unspecified atom stereocenters. The Morgan fingerprint density at radius 1 is 1.03 bits per heavy atom. The molecular formula is C25H25N3O2S. The number of ether oxygens (including phenoxy) is 1. The Bertz CT molecular complexity index is 1140. The molecule has 0 atom stereocenters. The second-order valence-electron chi connectivity index (χ2n) is 7.32. The summed E-state index contributed by atoms with van der Waals surface area (Å²) in [6.07, 6.45) is 3.10. The fourth-order valence-corrected chi connectivity index (χ4v) is 4.29. The summed E-state index contributed by atoms with van der Waals surface area (Å²) in [5, 5.41) is 6.87. The summed E-state index contributed by atoms with van der Waals surface area (Å²) in [7, 11) is 3.51. The number of carbonyl (C=O) groups excluding carboxylic acids is 1. The van der Waals surface area contributed by atoms with Crippen molar-refractivity contribution in [1.82, 2.24) is 14.7 Å². The van der Waals surface area contributed by atoms with Gasteiger partial charge in [-0.2, -0.15) is 5.10 Å². The lowest BCUT2D eigenvalue weighted by Gasteiger charge is -2.17. The molecule has 1 amide bonds. The molecular weight excluding hydrogens is 406 g/mol. The van der Waals surface area contributed by atoms with Crippen LogP contribution in [0.3, 0.4) is 0 Å². The van der Waals surface area contributed by atoms with E-state index in [1.807, 2.05) is 84.0 Å². The number of aryl methyl sites for hydroxylation is 1. The maximum absolute atomic E-state index is 12.9. The minimum Gasteiger partial charge on any atom is -0.496 e. The highest BCUT2D eigenvalue weighted by Gasteiger charge is 2.18. The van der Waals surface area contributed by atoms with Gasteiger partial charge in [0.2, 0.25) is 5.91 Å². The van der Waals surface area contributed by atoms with Crippen molar-refractivity contribution >= 4 is 17.2 Å². The highest BCUT2D eigenvalue weighted by atomic mass is 32.1. The number of hydrogen-bond acceptors (Lipinski definition) is 4. The second-order valence-corrected chi connectivity index (χ2v) is 8.27. The van der Waals surface area contributed by atoms with Gasteiger partial charge in [-0.15, -0.1) is 11.3 Å². The summed E-state index contributed by atoms with van der Waals surface area (Å²) in [6, 6.07) is 22.0. The van der Waals surface area contributed by atoms with E-state index in [9.17, 15) is 4.79 Å². The predicted octanol–water partition coefficient (Wildman–Crippen LogP) is 5.20. The average molecular weight is 432 g/mol. The number of carbonyl (C=O) groups is 1. The van der Waals surface area contributed by atoms with Gasteiger partial charge in [-0.05, 0) is 41.6 Å². The number of para-hydroxylation sites is 2. The van der Waals surface area contributed by atoms with Gasteiger partial charge in [0.15, 0.2) is 0 Å². The number of rotatable bonds is 8. The summed E-state index contributed by atoms with van der Waals surface area (Å²) >= 11 is 1.65. The maximum Gasteiger partial charge on any atom is 0.222 e. The second kappa shape index (κ2) is 9.62. The van der Waals surface area contributed by atoms with E-state index in [2.05, 4.69) is 6.07 Å². The molecule has 0 aliphatic carbocycles. The molecule has 31 heavy (non-hydrogen) atoms. The largest absolute Gasteiger partial charge is 0.496 e. The van der Waals surface area contributed by atoms with Crippen molar-refractivity contribution in [3.8, 4) is 22.0 Å². The molecule has 0 saturated heterocycles. The van der Waals surface area contributed by atoms with Crippen LogP contribution in [0.2, 0.25) is 0 Å². The molecule has 5 nitrogen and oxygen atoms in total. The molecule has 0 radical (unpaired) electrons. The van der Waals surface area contributed by atoms with Crippen LogP contribution in [0, 0.1) is 0 Å². The van der Waals surface area contributed by atoms with Gasteiger partial charge in [0.1, 0.15) is 11.4 Å². The number of amides is 1. The molecule has 0 aliphatic rings. The lowest BCUT2D eigenvalue weighted by Crippen LogP contribution is -2.26. The highest BCUT2D eigenvalue weighted by molar-refractivity contribution is 7.13. The van der Waals surface area contributed by atoms with Gasteiger partial charge in [-0.1, -0.05) is 42.5 Å². The topological polar surface area (TPSA) is 47.4 Å². The molecule has 0 N–H and O–H groups in total. The van der Waals surface area contributed by atoms with Gasteiger partial charge in [0, 0.05) is 31.8 Å². The van der Waals surface area contributed by atoms with Gasteiger partial charge in [-0.25, -0.2) is 4.68 Å². The first-order valence-electron chi connectivity index (χ1n) is 10.2.